The molecule has 2 aromatic rings. The molecule has 196 valence electrons. The number of carbonyl (C=O) groups is 2. The van der Waals surface area contributed by atoms with Gasteiger partial charge in [-0.15, -0.1) is 0 Å². The van der Waals surface area contributed by atoms with E-state index < -0.39 is 45.0 Å². The molecular weight excluding hydrogens is 535 g/mol. The van der Waals surface area contributed by atoms with Crippen LogP contribution in [-0.4, -0.2) is 63.1 Å². The third kappa shape index (κ3) is 6.99. The number of methoxy groups -OCH3 is 1. The highest BCUT2D eigenvalue weighted by Gasteiger charge is 2.33. The van der Waals surface area contributed by atoms with E-state index in [0.29, 0.717) is 14.9 Å². The topological polar surface area (TPSA) is 139 Å². The van der Waals surface area contributed by atoms with Crippen molar-refractivity contribution in [3.63, 3.8) is 0 Å². The summed E-state index contributed by atoms with van der Waals surface area (Å²) in [5.41, 5.74) is -0.107. The molecule has 0 aliphatic rings. The number of benzene rings is 2. The van der Waals surface area contributed by atoms with Crippen LogP contribution in [0, 0.1) is 10.1 Å². The van der Waals surface area contributed by atoms with Gasteiger partial charge in [-0.25, -0.2) is 8.42 Å². The van der Waals surface area contributed by atoms with Gasteiger partial charge in [0.25, 0.3) is 5.69 Å². The van der Waals surface area contributed by atoms with Gasteiger partial charge in [-0.2, -0.15) is 0 Å². The first-order valence-corrected chi connectivity index (χ1v) is 13.2. The Morgan fingerprint density at radius 2 is 1.86 bits per heavy atom. The molecule has 0 bridgehead atoms. The van der Waals surface area contributed by atoms with Gasteiger partial charge in [0.15, 0.2) is 0 Å². The smallest absolute Gasteiger partial charge is 0.271 e. The summed E-state index contributed by atoms with van der Waals surface area (Å²) in [5, 5.41) is 14.4. The lowest BCUT2D eigenvalue weighted by Crippen LogP contribution is -2.51. The average molecular weight is 561 g/mol. The zero-order chi connectivity index (χ0) is 27.2. The molecule has 0 saturated heterocycles. The molecule has 0 fully saturated rings. The largest absolute Gasteiger partial charge is 0.495 e. The number of nitrogens with zero attached hydrogens (tertiary/aromatic N) is 3. The number of nitro benzene ring substituents is 1. The Bertz CT molecular complexity index is 1260. The summed E-state index contributed by atoms with van der Waals surface area (Å²) in [6, 6.07) is 7.09. The van der Waals surface area contributed by atoms with E-state index in [-0.39, 0.29) is 29.4 Å². The number of amides is 2. The number of hydrogen-bond donors (Lipinski definition) is 1. The van der Waals surface area contributed by atoms with Crippen molar-refractivity contribution in [3.8, 4) is 5.75 Å². The molecule has 0 aliphatic heterocycles. The van der Waals surface area contributed by atoms with Crippen LogP contribution < -0.4 is 14.4 Å². The number of sulfonamides is 1. The minimum Gasteiger partial charge on any atom is -0.495 e. The summed E-state index contributed by atoms with van der Waals surface area (Å²) in [6.45, 7) is 0.821. The van der Waals surface area contributed by atoms with Crippen LogP contribution in [0.5, 0.6) is 5.75 Å². The maximum Gasteiger partial charge on any atom is 0.271 e. The number of non-ortho nitro benzene ring substituents is 1. The highest BCUT2D eigenvalue weighted by atomic mass is 35.5. The van der Waals surface area contributed by atoms with E-state index in [2.05, 4.69) is 5.32 Å². The number of rotatable bonds is 11. The number of nitro groups is 1. The van der Waals surface area contributed by atoms with Crippen molar-refractivity contribution in [2.45, 2.75) is 25.9 Å². The monoisotopic (exact) mass is 560 g/mol. The van der Waals surface area contributed by atoms with Crippen LogP contribution in [0.25, 0.3) is 0 Å². The molecule has 0 spiro atoms. The minimum absolute atomic E-state index is 0.00413. The summed E-state index contributed by atoms with van der Waals surface area (Å²) in [6.07, 6.45) is 1.07. The summed E-state index contributed by atoms with van der Waals surface area (Å²) >= 11 is 12.3. The first-order chi connectivity index (χ1) is 16.8. The fourth-order valence-electron chi connectivity index (χ4n) is 3.50. The zero-order valence-electron chi connectivity index (χ0n) is 20.0. The maximum atomic E-state index is 13.6. The molecular formula is C22H26Cl2N4O7S. The van der Waals surface area contributed by atoms with Crippen LogP contribution in [0.3, 0.4) is 0 Å². The molecule has 36 heavy (non-hydrogen) atoms. The first-order valence-electron chi connectivity index (χ1n) is 10.6. The van der Waals surface area contributed by atoms with Gasteiger partial charge in [0.2, 0.25) is 21.8 Å². The van der Waals surface area contributed by atoms with Gasteiger partial charge in [0, 0.05) is 35.8 Å². The SMILES string of the molecule is CC[C@@H](C(=O)NC)N(Cc1ccc(Cl)cc1Cl)C(=O)CN(c1cc([N+](=O)[O-])ccc1OC)S(C)(=O)=O. The van der Waals surface area contributed by atoms with Gasteiger partial charge in [0.05, 0.1) is 18.3 Å². The third-order valence-electron chi connectivity index (χ3n) is 5.31. The van der Waals surface area contributed by atoms with Gasteiger partial charge >= 0.3 is 0 Å². The summed E-state index contributed by atoms with van der Waals surface area (Å²) in [5.74, 6) is -1.20. The van der Waals surface area contributed by atoms with Crippen LogP contribution in [-0.2, 0) is 26.2 Å². The van der Waals surface area contributed by atoms with E-state index in [9.17, 15) is 28.1 Å². The Hall–Kier alpha value is -3.09. The normalized spacial score (nSPS) is 11.9. The summed E-state index contributed by atoms with van der Waals surface area (Å²) in [7, 11) is -1.45. The molecule has 1 atom stereocenters. The maximum absolute atomic E-state index is 13.6. The quantitative estimate of drug-likeness (QED) is 0.328. The predicted molar refractivity (Wildman–Crippen MR) is 137 cm³/mol. The zero-order valence-corrected chi connectivity index (χ0v) is 22.4. The van der Waals surface area contributed by atoms with Crippen molar-refractivity contribution >= 4 is 56.4 Å². The average Bonchev–Trinajstić information content (AvgIpc) is 2.82. The Labute approximate surface area is 219 Å². The van der Waals surface area contributed by atoms with Crippen LogP contribution >= 0.6 is 23.2 Å². The molecule has 2 aromatic carbocycles. The van der Waals surface area contributed by atoms with Crippen LogP contribution in [0.4, 0.5) is 11.4 Å². The van der Waals surface area contributed by atoms with E-state index >= 15 is 0 Å². The molecule has 0 heterocycles. The van der Waals surface area contributed by atoms with E-state index in [4.69, 9.17) is 27.9 Å². The number of carbonyl (C=O) groups excluding carboxylic acids is 2. The van der Waals surface area contributed by atoms with E-state index in [1.54, 1.807) is 19.1 Å². The van der Waals surface area contributed by atoms with Gasteiger partial charge in [-0.3, -0.25) is 24.0 Å². The van der Waals surface area contributed by atoms with Crippen molar-refractivity contribution in [1.29, 1.82) is 0 Å². The van der Waals surface area contributed by atoms with Gasteiger partial charge in [-0.1, -0.05) is 36.2 Å². The highest BCUT2D eigenvalue weighted by Crippen LogP contribution is 2.34. The Morgan fingerprint density at radius 3 is 2.36 bits per heavy atom. The molecule has 0 aliphatic carbocycles. The van der Waals surface area contributed by atoms with Crippen molar-refractivity contribution < 1.29 is 27.7 Å². The summed E-state index contributed by atoms with van der Waals surface area (Å²) in [4.78, 5) is 38.0. The summed E-state index contributed by atoms with van der Waals surface area (Å²) < 4.78 is 31.4. The molecule has 11 nitrogen and oxygen atoms in total. The third-order valence-corrected chi connectivity index (χ3v) is 7.02. The van der Waals surface area contributed by atoms with Crippen LogP contribution in [0.2, 0.25) is 10.0 Å². The van der Waals surface area contributed by atoms with E-state index in [0.717, 1.165) is 18.4 Å². The number of halogens is 2. The number of ether oxygens (including phenoxy) is 1. The van der Waals surface area contributed by atoms with Crippen LogP contribution in [0.15, 0.2) is 36.4 Å². The van der Waals surface area contributed by atoms with Crippen molar-refractivity contribution in [2.24, 2.45) is 0 Å². The fourth-order valence-corrected chi connectivity index (χ4v) is 4.81. The van der Waals surface area contributed by atoms with Gasteiger partial charge < -0.3 is 15.0 Å². The lowest BCUT2D eigenvalue weighted by Gasteiger charge is -2.33. The molecule has 2 rings (SSSR count). The van der Waals surface area contributed by atoms with Gasteiger partial charge in [-0.05, 0) is 30.2 Å². The lowest BCUT2D eigenvalue weighted by atomic mass is 10.1. The second kappa shape index (κ2) is 12.2. The predicted octanol–water partition coefficient (Wildman–Crippen LogP) is 3.23. The fraction of sp³-hybridized carbons (Fsp3) is 0.364. The molecule has 1 N–H and O–H groups in total. The molecule has 0 aromatic heterocycles. The molecule has 0 unspecified atom stereocenters. The Morgan fingerprint density at radius 1 is 1.19 bits per heavy atom. The number of nitrogens with one attached hydrogen (secondary N) is 1. The van der Waals surface area contributed by atoms with Crippen molar-refractivity contribution in [3.05, 3.63) is 62.1 Å². The second-order valence-corrected chi connectivity index (χ2v) is 10.4. The van der Waals surface area contributed by atoms with E-state index in [1.807, 2.05) is 0 Å². The Kier molecular flexibility index (Phi) is 9.91. The van der Waals surface area contributed by atoms with Gasteiger partial charge in [0.1, 0.15) is 24.0 Å². The Balaban J connectivity index is 2.58. The van der Waals surface area contributed by atoms with E-state index in [1.165, 1.54) is 31.2 Å². The van der Waals surface area contributed by atoms with Crippen LogP contribution in [0.1, 0.15) is 18.9 Å². The molecule has 14 heteroatoms. The number of likely N-dealkylation sites (N-methyl/N-ethyl adjacent to an activating group) is 1. The molecule has 2 amide bonds. The molecule has 0 radical (unpaired) electrons. The standard InChI is InChI=1S/C22H26Cl2N4O7S/c1-5-18(22(30)25-2)26(12-14-6-7-15(23)10-17(14)24)21(29)13-27(36(4,33)34)19-11-16(28(31)32)8-9-20(19)35-3/h6-11,18H,5,12-13H2,1-4H3,(H,25,30)/t18-/m0/s1. The van der Waals surface area contributed by atoms with Crippen molar-refractivity contribution in [1.82, 2.24) is 10.2 Å². The first kappa shape index (κ1) is 29.1. The number of anilines is 1. The lowest BCUT2D eigenvalue weighted by molar-refractivity contribution is -0.384. The minimum atomic E-state index is -4.13. The number of hydrogen-bond acceptors (Lipinski definition) is 7. The highest BCUT2D eigenvalue weighted by molar-refractivity contribution is 7.92. The second-order valence-electron chi connectivity index (χ2n) is 7.68. The van der Waals surface area contributed by atoms with Crippen molar-refractivity contribution in [2.75, 3.05) is 31.3 Å². The molecule has 0 saturated carbocycles.